The van der Waals surface area contributed by atoms with Gasteiger partial charge >= 0.3 is 0 Å². The number of nitrogens with two attached hydrogens (primary N) is 1. The van der Waals surface area contributed by atoms with Gasteiger partial charge in [0.25, 0.3) is 0 Å². The molecule has 0 bridgehead atoms. The molecule has 2 N–H and O–H groups in total. The molecule has 1 aromatic carbocycles. The van der Waals surface area contributed by atoms with Crippen LogP contribution < -0.4 is 5.73 Å². The minimum atomic E-state index is -0.258. The Morgan fingerprint density at radius 2 is 2.10 bits per heavy atom. The summed E-state index contributed by atoms with van der Waals surface area (Å²) in [6.07, 6.45) is 1.09. The molecule has 1 saturated heterocycles. The molecule has 118 valence electrons. The molecule has 0 aromatic heterocycles. The molecule has 1 amide bonds. The lowest BCUT2D eigenvalue weighted by molar-refractivity contribution is -0.143. The quantitative estimate of drug-likeness (QED) is 0.928. The summed E-state index contributed by atoms with van der Waals surface area (Å²) in [5, 5.41) is 0. The van der Waals surface area contributed by atoms with E-state index in [-0.39, 0.29) is 36.4 Å². The molecular weight excluding hydrogens is 288 g/mol. The van der Waals surface area contributed by atoms with Gasteiger partial charge in [-0.3, -0.25) is 4.79 Å². The Kier molecular flexibility index (Phi) is 7.15. The van der Waals surface area contributed by atoms with Crippen LogP contribution in [0.5, 0.6) is 0 Å². The standard InChI is InChI=1S/C16H24N2O2.ClH/c1-3-14-11-18(9-10-20-14)16(19)12(2)15(17)13-7-5-4-6-8-13;/h4-8,12,14-15H,3,9-11,17H2,1-2H3;1H. The third kappa shape index (κ3) is 4.43. The van der Waals surface area contributed by atoms with Crippen LogP contribution >= 0.6 is 12.4 Å². The highest BCUT2D eigenvalue weighted by molar-refractivity contribution is 5.85. The fourth-order valence-electron chi connectivity index (χ4n) is 2.57. The van der Waals surface area contributed by atoms with Crippen molar-refractivity contribution in [3.8, 4) is 0 Å². The molecule has 0 radical (unpaired) electrons. The monoisotopic (exact) mass is 312 g/mol. The number of benzene rings is 1. The topological polar surface area (TPSA) is 55.6 Å². The Morgan fingerprint density at radius 3 is 2.71 bits per heavy atom. The number of nitrogens with zero attached hydrogens (tertiary/aromatic N) is 1. The number of halogens is 1. The van der Waals surface area contributed by atoms with Crippen LogP contribution in [0.1, 0.15) is 31.9 Å². The Balaban J connectivity index is 0.00000220. The predicted octanol–water partition coefficient (Wildman–Crippen LogP) is 2.38. The second-order valence-electron chi connectivity index (χ2n) is 5.41. The summed E-state index contributed by atoms with van der Waals surface area (Å²) in [5.74, 6) is -0.0869. The zero-order valence-corrected chi connectivity index (χ0v) is 13.5. The summed E-state index contributed by atoms with van der Waals surface area (Å²) >= 11 is 0. The maximum Gasteiger partial charge on any atom is 0.227 e. The summed E-state index contributed by atoms with van der Waals surface area (Å²) < 4.78 is 5.61. The Labute approximate surface area is 133 Å². The summed E-state index contributed by atoms with van der Waals surface area (Å²) in [6.45, 7) is 5.97. The van der Waals surface area contributed by atoms with E-state index in [1.165, 1.54) is 0 Å². The Bertz CT molecular complexity index is 441. The van der Waals surface area contributed by atoms with E-state index in [2.05, 4.69) is 6.92 Å². The number of carbonyl (C=O) groups excluding carboxylic acids is 1. The van der Waals surface area contributed by atoms with Crippen molar-refractivity contribution in [2.45, 2.75) is 32.4 Å². The number of morpholine rings is 1. The third-order valence-electron chi connectivity index (χ3n) is 4.02. The van der Waals surface area contributed by atoms with Gasteiger partial charge < -0.3 is 15.4 Å². The normalized spacial score (nSPS) is 21.3. The smallest absolute Gasteiger partial charge is 0.227 e. The van der Waals surface area contributed by atoms with E-state index in [4.69, 9.17) is 10.5 Å². The number of ether oxygens (including phenoxy) is 1. The molecule has 0 aliphatic carbocycles. The maximum absolute atomic E-state index is 12.6. The van der Waals surface area contributed by atoms with Gasteiger partial charge in [0, 0.05) is 19.1 Å². The van der Waals surface area contributed by atoms with Gasteiger partial charge in [0.2, 0.25) is 5.91 Å². The lowest BCUT2D eigenvalue weighted by Gasteiger charge is -2.35. The van der Waals surface area contributed by atoms with Crippen LogP contribution in [0.25, 0.3) is 0 Å². The molecule has 21 heavy (non-hydrogen) atoms. The van der Waals surface area contributed by atoms with Gasteiger partial charge in [-0.2, -0.15) is 0 Å². The van der Waals surface area contributed by atoms with Crippen LogP contribution in [0.2, 0.25) is 0 Å². The van der Waals surface area contributed by atoms with Gasteiger partial charge in [-0.05, 0) is 12.0 Å². The summed E-state index contributed by atoms with van der Waals surface area (Å²) in [4.78, 5) is 14.5. The molecule has 0 spiro atoms. The van der Waals surface area contributed by atoms with Crippen LogP contribution in [-0.4, -0.2) is 36.6 Å². The molecule has 1 fully saturated rings. The fourth-order valence-corrected chi connectivity index (χ4v) is 2.57. The first-order chi connectivity index (χ1) is 9.63. The molecule has 1 heterocycles. The van der Waals surface area contributed by atoms with E-state index in [1.54, 1.807) is 0 Å². The Hall–Kier alpha value is -1.10. The lowest BCUT2D eigenvalue weighted by Crippen LogP contribution is -2.48. The molecule has 1 aliphatic heterocycles. The number of amides is 1. The summed E-state index contributed by atoms with van der Waals surface area (Å²) in [5.41, 5.74) is 7.24. The number of rotatable bonds is 4. The first-order valence-corrected chi connectivity index (χ1v) is 7.34. The highest BCUT2D eigenvalue weighted by Crippen LogP contribution is 2.22. The zero-order valence-electron chi connectivity index (χ0n) is 12.7. The van der Waals surface area contributed by atoms with Crippen molar-refractivity contribution in [3.05, 3.63) is 35.9 Å². The second-order valence-corrected chi connectivity index (χ2v) is 5.41. The number of hydrogen-bond donors (Lipinski definition) is 1. The van der Waals surface area contributed by atoms with E-state index in [1.807, 2.05) is 42.2 Å². The molecule has 5 heteroatoms. The van der Waals surface area contributed by atoms with Crippen LogP contribution in [0.3, 0.4) is 0 Å². The predicted molar refractivity (Wildman–Crippen MR) is 86.4 cm³/mol. The van der Waals surface area contributed by atoms with Crippen molar-refractivity contribution in [1.82, 2.24) is 4.90 Å². The van der Waals surface area contributed by atoms with Crippen LogP contribution in [-0.2, 0) is 9.53 Å². The molecule has 2 rings (SSSR count). The molecule has 0 saturated carbocycles. The second kappa shape index (κ2) is 8.37. The van der Waals surface area contributed by atoms with E-state index >= 15 is 0 Å². The number of carbonyl (C=O) groups is 1. The molecule has 1 aliphatic rings. The van der Waals surface area contributed by atoms with Gasteiger partial charge in [-0.1, -0.05) is 44.2 Å². The van der Waals surface area contributed by atoms with E-state index < -0.39 is 0 Å². The molecular formula is C16H25ClN2O2. The van der Waals surface area contributed by atoms with E-state index in [9.17, 15) is 4.79 Å². The van der Waals surface area contributed by atoms with Gasteiger partial charge in [-0.15, -0.1) is 12.4 Å². The van der Waals surface area contributed by atoms with Gasteiger partial charge in [0.1, 0.15) is 0 Å². The SMILES string of the molecule is CCC1CN(C(=O)C(C)C(N)c2ccccc2)CCO1.Cl. The molecule has 3 atom stereocenters. The van der Waals surface area contributed by atoms with E-state index in [0.29, 0.717) is 19.7 Å². The maximum atomic E-state index is 12.6. The van der Waals surface area contributed by atoms with Gasteiger partial charge in [0.05, 0.1) is 18.6 Å². The van der Waals surface area contributed by atoms with Crippen molar-refractivity contribution in [2.24, 2.45) is 11.7 Å². The number of hydrogen-bond acceptors (Lipinski definition) is 3. The molecule has 4 nitrogen and oxygen atoms in total. The van der Waals surface area contributed by atoms with Gasteiger partial charge in [-0.25, -0.2) is 0 Å². The average Bonchev–Trinajstić information content (AvgIpc) is 2.53. The van der Waals surface area contributed by atoms with Crippen molar-refractivity contribution in [3.63, 3.8) is 0 Å². The minimum absolute atomic E-state index is 0. The van der Waals surface area contributed by atoms with Gasteiger partial charge in [0.15, 0.2) is 0 Å². The zero-order chi connectivity index (χ0) is 14.5. The first-order valence-electron chi connectivity index (χ1n) is 7.34. The first kappa shape index (κ1) is 18.0. The van der Waals surface area contributed by atoms with E-state index in [0.717, 1.165) is 12.0 Å². The van der Waals surface area contributed by atoms with Crippen LogP contribution in [0.15, 0.2) is 30.3 Å². The lowest BCUT2D eigenvalue weighted by atomic mass is 9.94. The van der Waals surface area contributed by atoms with Crippen molar-refractivity contribution >= 4 is 18.3 Å². The largest absolute Gasteiger partial charge is 0.375 e. The summed E-state index contributed by atoms with van der Waals surface area (Å²) in [7, 11) is 0. The Morgan fingerprint density at radius 1 is 1.43 bits per heavy atom. The molecule has 1 aromatic rings. The van der Waals surface area contributed by atoms with Crippen molar-refractivity contribution in [1.29, 1.82) is 0 Å². The highest BCUT2D eigenvalue weighted by Gasteiger charge is 2.30. The fraction of sp³-hybridized carbons (Fsp3) is 0.562. The third-order valence-corrected chi connectivity index (χ3v) is 4.02. The minimum Gasteiger partial charge on any atom is -0.375 e. The van der Waals surface area contributed by atoms with Crippen molar-refractivity contribution in [2.75, 3.05) is 19.7 Å². The van der Waals surface area contributed by atoms with Crippen molar-refractivity contribution < 1.29 is 9.53 Å². The van der Waals surface area contributed by atoms with Crippen LogP contribution in [0.4, 0.5) is 0 Å². The van der Waals surface area contributed by atoms with Crippen LogP contribution in [0, 0.1) is 5.92 Å². The average molecular weight is 313 g/mol. The molecule has 3 unspecified atom stereocenters. The highest BCUT2D eigenvalue weighted by atomic mass is 35.5. The summed E-state index contributed by atoms with van der Waals surface area (Å²) in [6, 6.07) is 9.55.